The highest BCUT2D eigenvalue weighted by Gasteiger charge is 2.35. The van der Waals surface area contributed by atoms with E-state index in [1.54, 1.807) is 4.90 Å². The highest BCUT2D eigenvalue weighted by atomic mass is 32.1. The van der Waals surface area contributed by atoms with E-state index in [-0.39, 0.29) is 25.1 Å². The van der Waals surface area contributed by atoms with Crippen molar-refractivity contribution in [3.8, 4) is 0 Å². The first-order valence-electron chi connectivity index (χ1n) is 7.96. The number of hydrogen-bond acceptors (Lipinski definition) is 7. The van der Waals surface area contributed by atoms with Crippen LogP contribution in [0.25, 0.3) is 9.53 Å². The number of thiophene rings is 1. The first-order chi connectivity index (χ1) is 12.1. The third-order valence-electron chi connectivity index (χ3n) is 4.19. The summed E-state index contributed by atoms with van der Waals surface area (Å²) in [7, 11) is 0. The minimum absolute atomic E-state index is 0.133. The third-order valence-corrected chi connectivity index (χ3v) is 6.25. The normalized spacial score (nSPS) is 20.3. The molecule has 0 saturated carbocycles. The third kappa shape index (κ3) is 3.25. The Hall–Kier alpha value is -2.00. The molecule has 2 aromatic heterocycles. The van der Waals surface area contributed by atoms with Crippen molar-refractivity contribution in [3.63, 3.8) is 0 Å². The number of hydrogen-bond donors (Lipinski definition) is 3. The second-order valence-electron chi connectivity index (χ2n) is 5.97. The van der Waals surface area contributed by atoms with Crippen LogP contribution in [0.1, 0.15) is 16.1 Å². The molecule has 0 bridgehead atoms. The van der Waals surface area contributed by atoms with Crippen molar-refractivity contribution in [1.82, 2.24) is 9.88 Å². The van der Waals surface area contributed by atoms with Crippen LogP contribution in [0, 0.1) is 0 Å². The van der Waals surface area contributed by atoms with Gasteiger partial charge in [-0.1, -0.05) is 29.5 Å². The number of carbonyl (C=O) groups excluding carboxylic acids is 1. The summed E-state index contributed by atoms with van der Waals surface area (Å²) in [6, 6.07) is 11.3. The number of rotatable bonds is 4. The van der Waals surface area contributed by atoms with E-state index in [4.69, 9.17) is 0 Å². The second kappa shape index (κ2) is 6.72. The summed E-state index contributed by atoms with van der Waals surface area (Å²) >= 11 is 2.84. The summed E-state index contributed by atoms with van der Waals surface area (Å²) in [4.78, 5) is 20.2. The molecule has 1 aromatic carbocycles. The molecule has 3 heterocycles. The molecule has 130 valence electrons. The van der Waals surface area contributed by atoms with E-state index in [1.165, 1.54) is 22.7 Å². The van der Waals surface area contributed by atoms with E-state index in [9.17, 15) is 15.0 Å². The average molecular weight is 375 g/mol. The lowest BCUT2D eigenvalue weighted by atomic mass is 10.2. The fourth-order valence-electron chi connectivity index (χ4n) is 2.99. The van der Waals surface area contributed by atoms with Gasteiger partial charge in [-0.05, 0) is 24.6 Å². The van der Waals surface area contributed by atoms with E-state index in [0.717, 1.165) is 20.3 Å². The zero-order valence-electron chi connectivity index (χ0n) is 13.3. The smallest absolute Gasteiger partial charge is 0.264 e. The van der Waals surface area contributed by atoms with E-state index < -0.39 is 6.10 Å². The quantitative estimate of drug-likeness (QED) is 0.653. The molecule has 2 atom stereocenters. The Morgan fingerprint density at radius 2 is 2.12 bits per heavy atom. The summed E-state index contributed by atoms with van der Waals surface area (Å²) in [6.07, 6.45) is -0.146. The van der Waals surface area contributed by atoms with Crippen molar-refractivity contribution in [1.29, 1.82) is 0 Å². The molecule has 8 heteroatoms. The minimum Gasteiger partial charge on any atom is -0.394 e. The van der Waals surface area contributed by atoms with E-state index in [1.807, 2.05) is 36.4 Å². The number of nitrogens with one attached hydrogen (secondary N) is 1. The molecule has 4 rings (SSSR count). The molecular formula is C17H17N3O3S2. The summed E-state index contributed by atoms with van der Waals surface area (Å²) in [5.41, 5.74) is 0.969. The Bertz CT molecular complexity index is 862. The van der Waals surface area contributed by atoms with Crippen LogP contribution in [0.5, 0.6) is 0 Å². The first-order valence-corrected chi connectivity index (χ1v) is 9.59. The number of carbonyl (C=O) groups is 1. The fourth-order valence-corrected chi connectivity index (χ4v) is 5.09. The molecule has 0 aliphatic carbocycles. The number of β-amino-alcohol motifs (C(OH)–C–C–N with tert-alkyl or cyclic N) is 1. The van der Waals surface area contributed by atoms with Gasteiger partial charge in [-0.3, -0.25) is 4.79 Å². The molecular weight excluding hydrogens is 358 g/mol. The van der Waals surface area contributed by atoms with Crippen molar-refractivity contribution in [2.45, 2.75) is 18.6 Å². The van der Waals surface area contributed by atoms with Gasteiger partial charge in [0.25, 0.3) is 5.91 Å². The zero-order valence-corrected chi connectivity index (χ0v) is 14.9. The van der Waals surface area contributed by atoms with Crippen molar-refractivity contribution in [2.24, 2.45) is 0 Å². The largest absolute Gasteiger partial charge is 0.394 e. The van der Waals surface area contributed by atoms with Crippen LogP contribution in [-0.4, -0.2) is 51.3 Å². The summed E-state index contributed by atoms with van der Waals surface area (Å²) in [5.74, 6) is -0.150. The summed E-state index contributed by atoms with van der Waals surface area (Å²) in [5, 5.41) is 23.2. The van der Waals surface area contributed by atoms with Gasteiger partial charge in [0.2, 0.25) is 0 Å². The Balaban J connectivity index is 1.54. The molecule has 1 saturated heterocycles. The second-order valence-corrected chi connectivity index (χ2v) is 8.03. The highest BCUT2D eigenvalue weighted by Crippen LogP contribution is 2.35. The van der Waals surface area contributed by atoms with Crippen LogP contribution < -0.4 is 5.32 Å². The number of amides is 1. The number of aromatic nitrogens is 1. The zero-order chi connectivity index (χ0) is 17.4. The van der Waals surface area contributed by atoms with Gasteiger partial charge in [-0.25, -0.2) is 4.98 Å². The lowest BCUT2D eigenvalue weighted by Gasteiger charge is -2.21. The van der Waals surface area contributed by atoms with E-state index in [0.29, 0.717) is 11.3 Å². The van der Waals surface area contributed by atoms with Gasteiger partial charge in [-0.15, -0.1) is 11.3 Å². The van der Waals surface area contributed by atoms with Crippen molar-refractivity contribution in [3.05, 3.63) is 41.3 Å². The van der Waals surface area contributed by atoms with Crippen LogP contribution in [0.15, 0.2) is 36.4 Å². The predicted octanol–water partition coefficient (Wildman–Crippen LogP) is 2.67. The maximum atomic E-state index is 12.7. The van der Waals surface area contributed by atoms with Crippen molar-refractivity contribution < 1.29 is 15.0 Å². The van der Waals surface area contributed by atoms with Crippen LogP contribution in [0.4, 0.5) is 10.8 Å². The number of benzene rings is 1. The number of aliphatic hydroxyl groups excluding tert-OH is 2. The number of thiazole rings is 1. The highest BCUT2D eigenvalue weighted by molar-refractivity contribution is 7.29. The van der Waals surface area contributed by atoms with Gasteiger partial charge in [0.15, 0.2) is 5.13 Å². The Morgan fingerprint density at radius 3 is 2.84 bits per heavy atom. The van der Waals surface area contributed by atoms with E-state index >= 15 is 0 Å². The lowest BCUT2D eigenvalue weighted by Crippen LogP contribution is -2.37. The van der Waals surface area contributed by atoms with Gasteiger partial charge in [0.1, 0.15) is 4.83 Å². The molecule has 0 unspecified atom stereocenters. The number of nitrogens with zero attached hydrogens (tertiary/aromatic N) is 2. The Kier molecular flexibility index (Phi) is 4.43. The SMILES string of the molecule is O=C(c1cc2sc(Nc3ccccc3)nc2s1)N1C[C@H](O)C[C@H]1CO. The summed E-state index contributed by atoms with van der Waals surface area (Å²) in [6.45, 7) is 0.135. The molecule has 1 fully saturated rings. The first kappa shape index (κ1) is 16.5. The maximum Gasteiger partial charge on any atom is 0.264 e. The predicted molar refractivity (Wildman–Crippen MR) is 99.8 cm³/mol. The monoisotopic (exact) mass is 375 g/mol. The molecule has 0 spiro atoms. The number of aliphatic hydroxyl groups is 2. The number of anilines is 2. The lowest BCUT2D eigenvalue weighted by molar-refractivity contribution is 0.0670. The molecule has 25 heavy (non-hydrogen) atoms. The molecule has 1 aliphatic rings. The topological polar surface area (TPSA) is 85.7 Å². The maximum absolute atomic E-state index is 12.7. The van der Waals surface area contributed by atoms with Crippen molar-refractivity contribution in [2.75, 3.05) is 18.5 Å². The molecule has 3 N–H and O–H groups in total. The van der Waals surface area contributed by atoms with Crippen molar-refractivity contribution >= 4 is 48.9 Å². The van der Waals surface area contributed by atoms with Crippen LogP contribution in [-0.2, 0) is 0 Å². The fraction of sp³-hybridized carbons (Fsp3) is 0.294. The standard InChI is InChI=1S/C17H17N3O3S2/c21-9-11-6-12(22)8-20(11)16(23)14-7-13-15(24-14)19-17(25-13)18-10-4-2-1-3-5-10/h1-5,7,11-12,21-22H,6,8-9H2,(H,18,19)/t11-,12+/m0/s1. The number of para-hydroxylation sites is 1. The van der Waals surface area contributed by atoms with Crippen LogP contribution >= 0.6 is 22.7 Å². The number of fused-ring (bicyclic) bond motifs is 1. The van der Waals surface area contributed by atoms with Gasteiger partial charge in [-0.2, -0.15) is 0 Å². The van der Waals surface area contributed by atoms with E-state index in [2.05, 4.69) is 10.3 Å². The van der Waals surface area contributed by atoms with Gasteiger partial charge >= 0.3 is 0 Å². The molecule has 6 nitrogen and oxygen atoms in total. The summed E-state index contributed by atoms with van der Waals surface area (Å²) < 4.78 is 0.951. The Morgan fingerprint density at radius 1 is 1.32 bits per heavy atom. The molecule has 1 aliphatic heterocycles. The Labute approximate surface area is 152 Å². The minimum atomic E-state index is -0.568. The van der Waals surface area contributed by atoms with Gasteiger partial charge < -0.3 is 20.4 Å². The number of likely N-dealkylation sites (tertiary alicyclic amines) is 1. The molecule has 1 amide bonds. The van der Waals surface area contributed by atoms with Gasteiger partial charge in [0.05, 0.1) is 28.3 Å². The van der Waals surface area contributed by atoms with Crippen LogP contribution in [0.3, 0.4) is 0 Å². The van der Waals surface area contributed by atoms with Gasteiger partial charge in [0, 0.05) is 12.2 Å². The molecule has 0 radical (unpaired) electrons. The molecule has 3 aromatic rings. The van der Waals surface area contributed by atoms with Crippen LogP contribution in [0.2, 0.25) is 0 Å². The average Bonchev–Trinajstić information content (AvgIpc) is 3.27.